The molecule has 0 fully saturated rings. The number of ether oxygens (including phenoxy) is 1. The first-order valence-electron chi connectivity index (χ1n) is 8.28. The number of halogens is 2. The molecule has 0 aliphatic carbocycles. The monoisotopic (exact) mass is 404 g/mol. The minimum Gasteiger partial charge on any atom is -0.454 e. The maximum atomic E-state index is 12.4. The minimum absolute atomic E-state index is 0.0973. The van der Waals surface area contributed by atoms with Crippen LogP contribution < -0.4 is 4.90 Å². The van der Waals surface area contributed by atoms with E-state index in [0.29, 0.717) is 0 Å². The van der Waals surface area contributed by atoms with E-state index < -0.39 is 5.97 Å². The molecule has 1 aliphatic heterocycles. The lowest BCUT2D eigenvalue weighted by molar-refractivity contribution is -0.117. The van der Waals surface area contributed by atoms with Crippen LogP contribution in [0.5, 0.6) is 0 Å². The molecule has 2 heterocycles. The maximum absolute atomic E-state index is 12.4. The van der Waals surface area contributed by atoms with Crippen molar-refractivity contribution in [3.05, 3.63) is 69.6 Å². The third-order valence-corrected chi connectivity index (χ3v) is 5.30. The van der Waals surface area contributed by atoms with Crippen molar-refractivity contribution in [1.82, 2.24) is 4.98 Å². The van der Waals surface area contributed by atoms with Crippen LogP contribution in [0.15, 0.2) is 48.3 Å². The molecule has 0 bridgehead atoms. The van der Waals surface area contributed by atoms with E-state index >= 15 is 0 Å². The minimum atomic E-state index is -0.685. The van der Waals surface area contributed by atoms with E-state index in [1.165, 1.54) is 18.3 Å². The number of carbonyl (C=O) groups excluding carboxylic acids is 2. The molecule has 5 nitrogen and oxygen atoms in total. The van der Waals surface area contributed by atoms with Crippen LogP contribution in [0.2, 0.25) is 10.2 Å². The highest BCUT2D eigenvalue weighted by molar-refractivity contribution is 6.41. The average molecular weight is 405 g/mol. The smallest absolute Gasteiger partial charge is 0.340 e. The molecule has 0 unspecified atom stereocenters. The summed E-state index contributed by atoms with van der Waals surface area (Å²) in [5.74, 6) is -0.991. The van der Waals surface area contributed by atoms with Crippen LogP contribution in [0.1, 0.15) is 29.8 Å². The predicted octanol–water partition coefficient (Wildman–Crippen LogP) is 4.43. The number of benzene rings is 1. The molecular formula is C20H18Cl2N2O3. The van der Waals surface area contributed by atoms with Crippen molar-refractivity contribution >= 4 is 40.6 Å². The van der Waals surface area contributed by atoms with Crippen LogP contribution in [-0.2, 0) is 14.9 Å². The van der Waals surface area contributed by atoms with Gasteiger partial charge in [-0.15, -0.1) is 0 Å². The molecule has 1 aromatic heterocycles. The predicted molar refractivity (Wildman–Crippen MR) is 106 cm³/mol. The zero-order valence-corrected chi connectivity index (χ0v) is 16.6. The highest BCUT2D eigenvalue weighted by Gasteiger charge is 2.38. The number of hydrogen-bond acceptors (Lipinski definition) is 5. The Kier molecular flexibility index (Phi) is 5.27. The normalized spacial score (nSPS) is 16.3. The highest BCUT2D eigenvalue weighted by atomic mass is 35.5. The number of hydrogen-bond donors (Lipinski definition) is 0. The van der Waals surface area contributed by atoms with Gasteiger partial charge in [0.2, 0.25) is 0 Å². The van der Waals surface area contributed by atoms with Gasteiger partial charge in [-0.2, -0.15) is 0 Å². The van der Waals surface area contributed by atoms with Crippen LogP contribution in [0, 0.1) is 0 Å². The summed E-state index contributed by atoms with van der Waals surface area (Å²) in [6.07, 6.45) is 2.78. The van der Waals surface area contributed by atoms with Gasteiger partial charge in [0.25, 0.3) is 0 Å². The standard InChI is InChI=1S/C20H18Cl2N2O3/c1-20(2)14-6-4-5-7-16(14)24(3)17(20)9-13(25)11-27-19(26)12-8-15(21)18(22)23-10-12/h4-10H,11H2,1-3H3. The van der Waals surface area contributed by atoms with Gasteiger partial charge in [-0.1, -0.05) is 55.2 Å². The fourth-order valence-corrected chi connectivity index (χ4v) is 3.48. The summed E-state index contributed by atoms with van der Waals surface area (Å²) < 4.78 is 5.08. The molecule has 0 radical (unpaired) electrons. The van der Waals surface area contributed by atoms with Crippen molar-refractivity contribution in [1.29, 1.82) is 0 Å². The second-order valence-electron chi connectivity index (χ2n) is 6.77. The van der Waals surface area contributed by atoms with Crippen molar-refractivity contribution in [2.75, 3.05) is 18.6 Å². The third-order valence-electron chi connectivity index (χ3n) is 4.62. The van der Waals surface area contributed by atoms with Gasteiger partial charge in [0.15, 0.2) is 12.4 Å². The van der Waals surface area contributed by atoms with Crippen LogP contribution >= 0.6 is 23.2 Å². The van der Waals surface area contributed by atoms with Gasteiger partial charge in [-0.25, -0.2) is 9.78 Å². The summed E-state index contributed by atoms with van der Waals surface area (Å²) in [4.78, 5) is 30.2. The second kappa shape index (κ2) is 7.33. The molecule has 1 aromatic carbocycles. The lowest BCUT2D eigenvalue weighted by Gasteiger charge is -2.23. The Labute approximate surface area is 167 Å². The summed E-state index contributed by atoms with van der Waals surface area (Å²) >= 11 is 11.6. The van der Waals surface area contributed by atoms with E-state index in [1.54, 1.807) is 0 Å². The topological polar surface area (TPSA) is 59.5 Å². The summed E-state index contributed by atoms with van der Waals surface area (Å²) in [6, 6.07) is 9.36. The van der Waals surface area contributed by atoms with E-state index in [-0.39, 0.29) is 33.5 Å². The van der Waals surface area contributed by atoms with E-state index in [9.17, 15) is 9.59 Å². The first-order chi connectivity index (χ1) is 12.7. The lowest BCUT2D eigenvalue weighted by atomic mass is 9.83. The number of pyridine rings is 1. The van der Waals surface area contributed by atoms with Gasteiger partial charge in [0.05, 0.1) is 10.6 Å². The fraction of sp³-hybridized carbons (Fsp3) is 0.250. The summed E-state index contributed by atoms with van der Waals surface area (Å²) in [5.41, 5.74) is 2.86. The largest absolute Gasteiger partial charge is 0.454 e. The molecule has 2 aromatic rings. The number of allylic oxidation sites excluding steroid dienone is 1. The third kappa shape index (κ3) is 3.70. The molecule has 0 saturated carbocycles. The van der Waals surface area contributed by atoms with Gasteiger partial charge in [0, 0.05) is 36.1 Å². The number of ketones is 1. The van der Waals surface area contributed by atoms with Crippen molar-refractivity contribution in [2.45, 2.75) is 19.3 Å². The van der Waals surface area contributed by atoms with E-state index in [0.717, 1.165) is 16.9 Å². The number of aromatic nitrogens is 1. The van der Waals surface area contributed by atoms with Crippen molar-refractivity contribution in [3.63, 3.8) is 0 Å². The number of anilines is 1. The fourth-order valence-electron chi connectivity index (χ4n) is 3.21. The van der Waals surface area contributed by atoms with Crippen molar-refractivity contribution in [2.24, 2.45) is 0 Å². The molecule has 7 heteroatoms. The van der Waals surface area contributed by atoms with Gasteiger partial charge < -0.3 is 9.64 Å². The van der Waals surface area contributed by atoms with Crippen LogP contribution in [0.25, 0.3) is 0 Å². The molecule has 0 N–H and O–H groups in total. The molecule has 3 rings (SSSR count). The zero-order chi connectivity index (χ0) is 19.8. The van der Waals surface area contributed by atoms with Gasteiger partial charge in [-0.3, -0.25) is 4.79 Å². The summed E-state index contributed by atoms with van der Waals surface area (Å²) in [6.45, 7) is 3.74. The molecule has 0 atom stereocenters. The number of nitrogens with zero attached hydrogens (tertiary/aromatic N) is 2. The second-order valence-corrected chi connectivity index (χ2v) is 7.54. The van der Waals surface area contributed by atoms with Gasteiger partial charge >= 0.3 is 5.97 Å². The zero-order valence-electron chi connectivity index (χ0n) is 15.1. The lowest BCUT2D eigenvalue weighted by Crippen LogP contribution is -2.25. The molecule has 0 spiro atoms. The molecule has 1 aliphatic rings. The number of carbonyl (C=O) groups is 2. The summed E-state index contributed by atoms with van der Waals surface area (Å²) in [7, 11) is 1.92. The quantitative estimate of drug-likeness (QED) is 0.428. The van der Waals surface area contributed by atoms with Crippen molar-refractivity contribution < 1.29 is 14.3 Å². The first-order valence-corrected chi connectivity index (χ1v) is 9.04. The molecule has 27 heavy (non-hydrogen) atoms. The Balaban J connectivity index is 1.72. The van der Waals surface area contributed by atoms with Crippen LogP contribution in [0.4, 0.5) is 5.69 Å². The van der Waals surface area contributed by atoms with Gasteiger partial charge in [-0.05, 0) is 17.7 Å². The van der Waals surface area contributed by atoms with E-state index in [2.05, 4.69) is 24.9 Å². The highest BCUT2D eigenvalue weighted by Crippen LogP contribution is 2.46. The average Bonchev–Trinajstić information content (AvgIpc) is 2.83. The van der Waals surface area contributed by atoms with Gasteiger partial charge in [0.1, 0.15) is 5.15 Å². The number of esters is 1. The maximum Gasteiger partial charge on any atom is 0.340 e. The Bertz CT molecular complexity index is 954. The molecule has 140 valence electrons. The van der Waals surface area contributed by atoms with E-state index in [4.69, 9.17) is 27.9 Å². The number of fused-ring (bicyclic) bond motifs is 1. The Morgan fingerprint density at radius 2 is 1.96 bits per heavy atom. The number of para-hydroxylation sites is 1. The van der Waals surface area contributed by atoms with Crippen LogP contribution in [0.3, 0.4) is 0 Å². The Morgan fingerprint density at radius 3 is 2.63 bits per heavy atom. The van der Waals surface area contributed by atoms with Crippen molar-refractivity contribution in [3.8, 4) is 0 Å². The molecule has 0 saturated heterocycles. The Morgan fingerprint density at radius 1 is 1.26 bits per heavy atom. The number of likely N-dealkylation sites (N-methyl/N-ethyl adjacent to an activating group) is 1. The number of rotatable bonds is 4. The summed E-state index contributed by atoms with van der Waals surface area (Å²) in [5, 5.41) is 0.242. The first kappa shape index (κ1) is 19.4. The Hall–Kier alpha value is -2.37. The van der Waals surface area contributed by atoms with Crippen LogP contribution in [-0.4, -0.2) is 30.4 Å². The molecule has 0 amide bonds. The SMILES string of the molecule is CN1C(=CC(=O)COC(=O)c2cnc(Cl)c(Cl)c2)C(C)(C)c2ccccc21. The molecular weight excluding hydrogens is 387 g/mol. The van der Waals surface area contributed by atoms with E-state index in [1.807, 2.05) is 30.1 Å².